The first kappa shape index (κ1) is 78.7. The zero-order valence-corrected chi connectivity index (χ0v) is 55.2. The van der Waals surface area contributed by atoms with E-state index in [9.17, 15) is 19.4 Å². The number of phosphoric ester groups is 1. The summed E-state index contributed by atoms with van der Waals surface area (Å²) >= 11 is 0. The van der Waals surface area contributed by atoms with Gasteiger partial charge in [0.1, 0.15) is 13.2 Å². The number of hydrogen-bond acceptors (Lipinski definition) is 5. The molecule has 1 amide bonds. The lowest BCUT2D eigenvalue weighted by molar-refractivity contribution is -0.870. The van der Waals surface area contributed by atoms with E-state index in [0.717, 1.165) is 38.5 Å². The Morgan fingerprint density at radius 1 is 0.412 bits per heavy atom. The van der Waals surface area contributed by atoms with Gasteiger partial charge in [-0.05, 0) is 57.8 Å². The predicted octanol–water partition coefficient (Wildman–Crippen LogP) is 22.4. The van der Waals surface area contributed by atoms with Gasteiger partial charge in [0.05, 0.1) is 39.9 Å². The summed E-state index contributed by atoms with van der Waals surface area (Å²) in [5.41, 5.74) is 0. The van der Waals surface area contributed by atoms with Crippen LogP contribution in [0.1, 0.15) is 361 Å². The first-order valence-corrected chi connectivity index (χ1v) is 36.9. The van der Waals surface area contributed by atoms with Crippen molar-refractivity contribution in [3.05, 3.63) is 36.5 Å². The van der Waals surface area contributed by atoms with E-state index in [2.05, 4.69) is 43.5 Å². The van der Waals surface area contributed by atoms with Crippen molar-refractivity contribution in [1.29, 1.82) is 0 Å². The summed E-state index contributed by atoms with van der Waals surface area (Å²) in [6, 6.07) is -0.863. The van der Waals surface area contributed by atoms with Gasteiger partial charge < -0.3 is 19.8 Å². The van der Waals surface area contributed by atoms with Gasteiger partial charge in [0.2, 0.25) is 5.91 Å². The number of carbonyl (C=O) groups excluding carboxylic acids is 1. The molecule has 0 aromatic carbocycles. The second kappa shape index (κ2) is 62.3. The summed E-state index contributed by atoms with van der Waals surface area (Å²) in [6.07, 6.45) is 83.2. The summed E-state index contributed by atoms with van der Waals surface area (Å²) in [5, 5.41) is 14.0. The van der Waals surface area contributed by atoms with Crippen LogP contribution in [0.15, 0.2) is 36.5 Å². The Labute approximate surface area is 499 Å². The maximum absolute atomic E-state index is 13.0. The van der Waals surface area contributed by atoms with Crippen LogP contribution in [0.5, 0.6) is 0 Å². The highest BCUT2D eigenvalue weighted by Gasteiger charge is 2.28. The van der Waals surface area contributed by atoms with E-state index in [1.807, 2.05) is 27.2 Å². The van der Waals surface area contributed by atoms with Crippen LogP contribution >= 0.6 is 7.82 Å². The normalized spacial score (nSPS) is 13.8. The lowest BCUT2D eigenvalue weighted by Crippen LogP contribution is -2.45. The van der Waals surface area contributed by atoms with Gasteiger partial charge in [-0.2, -0.15) is 0 Å². The fourth-order valence-electron chi connectivity index (χ4n) is 10.8. The van der Waals surface area contributed by atoms with Crippen LogP contribution in [0.2, 0.25) is 0 Å². The minimum absolute atomic E-state index is 0.0577. The molecular formula is C71H140N2O6P+. The number of unbranched alkanes of at least 4 members (excludes halogenated alkanes) is 49. The monoisotopic (exact) mass is 1150 g/mol. The van der Waals surface area contributed by atoms with Crippen molar-refractivity contribution in [3.8, 4) is 0 Å². The molecular weight excluding hydrogens is 1010 g/mol. The fraction of sp³-hybridized carbons (Fsp3) is 0.901. The van der Waals surface area contributed by atoms with Gasteiger partial charge in [-0.3, -0.25) is 13.8 Å². The lowest BCUT2D eigenvalue weighted by Gasteiger charge is -2.25. The molecule has 0 aliphatic heterocycles. The number of rotatable bonds is 66. The van der Waals surface area contributed by atoms with Gasteiger partial charge in [-0.25, -0.2) is 4.57 Å². The second-order valence-electron chi connectivity index (χ2n) is 25.6. The zero-order valence-electron chi connectivity index (χ0n) is 54.3. The van der Waals surface area contributed by atoms with Gasteiger partial charge in [0.25, 0.3) is 0 Å². The highest BCUT2D eigenvalue weighted by atomic mass is 31.2. The zero-order chi connectivity index (χ0) is 58.4. The summed E-state index contributed by atoms with van der Waals surface area (Å²) in [6.45, 7) is 4.85. The van der Waals surface area contributed by atoms with E-state index in [4.69, 9.17) is 9.05 Å². The standard InChI is InChI=1S/C71H139N2O6P/c1-6-8-10-12-14-16-18-20-22-24-26-27-28-29-30-31-32-33-34-35-36-37-38-39-40-41-42-43-44-45-47-49-51-53-55-57-59-61-63-65-71(75)72-69(68-79-80(76,77)78-67-66-73(3,4)5)70(74)64-62-60-58-56-54-52-50-48-46-25-23-21-19-17-15-13-11-9-7-2/h35-36,54,56,62,64,69-70,74H,6-34,37-53,55,57-61,63,65-68H2,1-5H3,(H-,72,75,76,77)/p+1/b36-35-,56-54+,64-62+. The summed E-state index contributed by atoms with van der Waals surface area (Å²) < 4.78 is 23.8. The minimum Gasteiger partial charge on any atom is -0.387 e. The van der Waals surface area contributed by atoms with Crippen LogP contribution < -0.4 is 5.32 Å². The number of hydrogen-bond donors (Lipinski definition) is 3. The summed E-state index contributed by atoms with van der Waals surface area (Å²) in [7, 11) is 1.57. The lowest BCUT2D eigenvalue weighted by atomic mass is 10.0. The molecule has 0 fully saturated rings. The number of aliphatic hydroxyl groups excluding tert-OH is 1. The summed E-state index contributed by atoms with van der Waals surface area (Å²) in [5.74, 6) is -0.180. The fourth-order valence-corrected chi connectivity index (χ4v) is 11.6. The predicted molar refractivity (Wildman–Crippen MR) is 351 cm³/mol. The van der Waals surface area contributed by atoms with Crippen molar-refractivity contribution < 1.29 is 32.9 Å². The number of phosphoric acid groups is 1. The Bertz CT molecular complexity index is 1400. The molecule has 8 nitrogen and oxygen atoms in total. The van der Waals surface area contributed by atoms with Crippen LogP contribution in [0.25, 0.3) is 0 Å². The van der Waals surface area contributed by atoms with Crippen LogP contribution in [0.3, 0.4) is 0 Å². The van der Waals surface area contributed by atoms with Crippen molar-refractivity contribution in [2.75, 3.05) is 40.9 Å². The van der Waals surface area contributed by atoms with E-state index in [-0.39, 0.29) is 19.1 Å². The van der Waals surface area contributed by atoms with Crippen molar-refractivity contribution >= 4 is 13.7 Å². The minimum atomic E-state index is -4.36. The Hall–Kier alpha value is -1.28. The Morgan fingerprint density at radius 3 is 1.00 bits per heavy atom. The molecule has 3 unspecified atom stereocenters. The Morgan fingerprint density at radius 2 is 0.688 bits per heavy atom. The number of nitrogens with one attached hydrogen (secondary N) is 1. The number of carbonyl (C=O) groups is 1. The molecule has 80 heavy (non-hydrogen) atoms. The van der Waals surface area contributed by atoms with E-state index in [1.165, 1.54) is 302 Å². The Balaban J connectivity index is 3.94. The van der Waals surface area contributed by atoms with Crippen molar-refractivity contribution in [2.45, 2.75) is 373 Å². The van der Waals surface area contributed by atoms with E-state index in [1.54, 1.807) is 6.08 Å². The number of aliphatic hydroxyl groups is 1. The molecule has 0 saturated carbocycles. The molecule has 0 aromatic heterocycles. The molecule has 3 N–H and O–H groups in total. The van der Waals surface area contributed by atoms with E-state index >= 15 is 0 Å². The molecule has 0 aliphatic carbocycles. The molecule has 0 bridgehead atoms. The number of quaternary nitrogens is 1. The van der Waals surface area contributed by atoms with Gasteiger partial charge in [-0.1, -0.05) is 333 Å². The molecule has 0 saturated heterocycles. The molecule has 0 radical (unpaired) electrons. The molecule has 3 atom stereocenters. The third-order valence-corrected chi connectivity index (χ3v) is 17.3. The quantitative estimate of drug-likeness (QED) is 0.0243. The van der Waals surface area contributed by atoms with Crippen LogP contribution in [0.4, 0.5) is 0 Å². The highest BCUT2D eigenvalue weighted by Crippen LogP contribution is 2.43. The van der Waals surface area contributed by atoms with Crippen molar-refractivity contribution in [2.24, 2.45) is 0 Å². The topological polar surface area (TPSA) is 105 Å². The maximum atomic E-state index is 13.0. The van der Waals surface area contributed by atoms with Gasteiger partial charge >= 0.3 is 7.82 Å². The third kappa shape index (κ3) is 64.3. The average Bonchev–Trinajstić information content (AvgIpc) is 3.42. The van der Waals surface area contributed by atoms with E-state index < -0.39 is 20.0 Å². The van der Waals surface area contributed by atoms with Crippen molar-refractivity contribution in [3.63, 3.8) is 0 Å². The number of nitrogens with zero attached hydrogens (tertiary/aromatic N) is 1. The van der Waals surface area contributed by atoms with Crippen LogP contribution in [-0.2, 0) is 18.4 Å². The molecule has 0 rings (SSSR count). The summed E-state index contributed by atoms with van der Waals surface area (Å²) in [4.78, 5) is 23.4. The molecule has 0 spiro atoms. The van der Waals surface area contributed by atoms with Gasteiger partial charge in [0, 0.05) is 6.42 Å². The average molecular weight is 1150 g/mol. The largest absolute Gasteiger partial charge is 0.472 e. The second-order valence-corrected chi connectivity index (χ2v) is 27.1. The first-order chi connectivity index (χ1) is 39.0. The number of likely N-dealkylation sites (N-methyl/N-ethyl adjacent to an activating group) is 1. The molecule has 0 heterocycles. The van der Waals surface area contributed by atoms with Gasteiger partial charge in [-0.15, -0.1) is 0 Å². The SMILES string of the molecule is CCCCCCCCCCCCCCC/C=C/CC/C=C/C(O)C(COP(=O)(O)OCC[N+](C)(C)C)NC(=O)CCCCCCCCCCCCCCCCCCC/C=C\CCCCCCCCCCCCCCCCCCCC. The third-order valence-electron chi connectivity index (χ3n) is 16.3. The highest BCUT2D eigenvalue weighted by molar-refractivity contribution is 7.47. The van der Waals surface area contributed by atoms with Crippen LogP contribution in [-0.4, -0.2) is 73.4 Å². The molecule has 0 aromatic rings. The van der Waals surface area contributed by atoms with Crippen LogP contribution in [0, 0.1) is 0 Å². The van der Waals surface area contributed by atoms with Gasteiger partial charge in [0.15, 0.2) is 0 Å². The molecule has 0 aliphatic rings. The Kier molecular flexibility index (Phi) is 61.3. The van der Waals surface area contributed by atoms with Crippen molar-refractivity contribution in [1.82, 2.24) is 5.32 Å². The number of amides is 1. The smallest absolute Gasteiger partial charge is 0.387 e. The number of allylic oxidation sites excluding steroid dienone is 5. The maximum Gasteiger partial charge on any atom is 0.472 e. The molecule has 9 heteroatoms. The first-order valence-electron chi connectivity index (χ1n) is 35.4. The molecule has 474 valence electrons. The van der Waals surface area contributed by atoms with E-state index in [0.29, 0.717) is 17.4 Å².